The van der Waals surface area contributed by atoms with Crippen molar-refractivity contribution in [1.29, 1.82) is 0 Å². The molecule has 160 valence electrons. The number of carbonyl (C=O) groups excluding carboxylic acids is 1. The highest BCUT2D eigenvalue weighted by Gasteiger charge is 2.25. The van der Waals surface area contributed by atoms with E-state index in [9.17, 15) is 4.79 Å². The number of nitrogens with zero attached hydrogens (tertiary/aromatic N) is 6. The number of para-hydroxylation sites is 1. The SMILES string of the molecule is Cc1nn(C)c(C)c1-c1cc(C(=O)N2CCN(Cc3nc4ccccc4s3)CC2)[nH]n1. The van der Waals surface area contributed by atoms with Crippen molar-refractivity contribution in [3.63, 3.8) is 0 Å². The first-order valence-corrected chi connectivity index (χ1v) is 11.2. The number of carbonyl (C=O) groups is 1. The first kappa shape index (κ1) is 19.9. The fraction of sp³-hybridized carbons (Fsp3) is 0.364. The lowest BCUT2D eigenvalue weighted by atomic mass is 10.1. The molecule has 0 unspecified atom stereocenters. The molecule has 9 heteroatoms. The predicted molar refractivity (Wildman–Crippen MR) is 121 cm³/mol. The third kappa shape index (κ3) is 3.75. The Kier molecular flexibility index (Phi) is 5.07. The average molecular weight is 436 g/mol. The van der Waals surface area contributed by atoms with E-state index in [1.165, 1.54) is 4.70 Å². The predicted octanol–water partition coefficient (Wildman–Crippen LogP) is 2.99. The molecule has 1 aromatic carbocycles. The molecule has 1 saturated heterocycles. The van der Waals surface area contributed by atoms with E-state index in [0.29, 0.717) is 18.8 Å². The minimum absolute atomic E-state index is 0.00224. The van der Waals surface area contributed by atoms with Gasteiger partial charge in [0.1, 0.15) is 10.7 Å². The summed E-state index contributed by atoms with van der Waals surface area (Å²) in [5.74, 6) is -0.00224. The first-order valence-electron chi connectivity index (χ1n) is 10.4. The summed E-state index contributed by atoms with van der Waals surface area (Å²) in [5, 5.41) is 12.9. The van der Waals surface area contributed by atoms with Crippen LogP contribution in [0.2, 0.25) is 0 Å². The molecule has 0 atom stereocenters. The van der Waals surface area contributed by atoms with E-state index in [4.69, 9.17) is 4.98 Å². The highest BCUT2D eigenvalue weighted by atomic mass is 32.1. The van der Waals surface area contributed by atoms with E-state index in [0.717, 1.165) is 52.8 Å². The van der Waals surface area contributed by atoms with Gasteiger partial charge in [-0.15, -0.1) is 11.3 Å². The largest absolute Gasteiger partial charge is 0.335 e. The Hall–Kier alpha value is -3.04. The smallest absolute Gasteiger partial charge is 0.271 e. The van der Waals surface area contributed by atoms with Gasteiger partial charge >= 0.3 is 0 Å². The van der Waals surface area contributed by atoms with Crippen LogP contribution in [0.5, 0.6) is 0 Å². The Labute approximate surface area is 184 Å². The average Bonchev–Trinajstić information content (AvgIpc) is 3.46. The second-order valence-electron chi connectivity index (χ2n) is 7.98. The Bertz CT molecular complexity index is 1210. The number of fused-ring (bicyclic) bond motifs is 1. The lowest BCUT2D eigenvalue weighted by Gasteiger charge is -2.33. The number of hydrogen-bond donors (Lipinski definition) is 1. The highest BCUT2D eigenvalue weighted by Crippen LogP contribution is 2.26. The molecule has 0 aliphatic carbocycles. The monoisotopic (exact) mass is 435 g/mol. The van der Waals surface area contributed by atoms with Crippen LogP contribution in [0.4, 0.5) is 0 Å². The van der Waals surface area contributed by atoms with E-state index in [-0.39, 0.29) is 5.91 Å². The van der Waals surface area contributed by atoms with Gasteiger partial charge in [-0.25, -0.2) is 4.98 Å². The van der Waals surface area contributed by atoms with Crippen molar-refractivity contribution in [3.8, 4) is 11.3 Å². The van der Waals surface area contributed by atoms with Crippen LogP contribution in [0.15, 0.2) is 30.3 Å². The van der Waals surface area contributed by atoms with Crippen LogP contribution in [-0.2, 0) is 13.6 Å². The fourth-order valence-electron chi connectivity index (χ4n) is 4.16. The summed E-state index contributed by atoms with van der Waals surface area (Å²) in [6.45, 7) is 7.87. The van der Waals surface area contributed by atoms with Gasteiger partial charge in [0.25, 0.3) is 5.91 Å². The molecule has 3 aromatic heterocycles. The molecule has 1 N–H and O–H groups in total. The van der Waals surface area contributed by atoms with Gasteiger partial charge in [-0.3, -0.25) is 19.5 Å². The van der Waals surface area contributed by atoms with E-state index in [1.54, 1.807) is 11.3 Å². The van der Waals surface area contributed by atoms with Crippen molar-refractivity contribution in [1.82, 2.24) is 34.8 Å². The molecule has 0 bridgehead atoms. The fourth-order valence-corrected chi connectivity index (χ4v) is 5.17. The van der Waals surface area contributed by atoms with E-state index < -0.39 is 0 Å². The van der Waals surface area contributed by atoms with E-state index in [1.807, 2.05) is 48.7 Å². The van der Waals surface area contributed by atoms with Crippen LogP contribution in [0.1, 0.15) is 26.9 Å². The van der Waals surface area contributed by atoms with Crippen LogP contribution < -0.4 is 0 Å². The van der Waals surface area contributed by atoms with Crippen LogP contribution >= 0.6 is 11.3 Å². The topological polar surface area (TPSA) is 82.9 Å². The van der Waals surface area contributed by atoms with Crippen LogP contribution in [-0.4, -0.2) is 66.8 Å². The molecular weight excluding hydrogens is 410 g/mol. The summed E-state index contributed by atoms with van der Waals surface area (Å²) in [6, 6.07) is 10.1. The molecule has 4 aromatic rings. The Morgan fingerprint density at radius 1 is 1.16 bits per heavy atom. The third-order valence-corrected chi connectivity index (χ3v) is 6.95. The van der Waals surface area contributed by atoms with Gasteiger partial charge in [-0.05, 0) is 32.0 Å². The minimum atomic E-state index is -0.00224. The number of hydrogen-bond acceptors (Lipinski definition) is 6. The van der Waals surface area contributed by atoms with Gasteiger partial charge in [0.2, 0.25) is 0 Å². The van der Waals surface area contributed by atoms with Crippen molar-refractivity contribution in [2.24, 2.45) is 7.05 Å². The lowest BCUT2D eigenvalue weighted by molar-refractivity contribution is 0.0622. The Balaban J connectivity index is 1.22. The third-order valence-electron chi connectivity index (χ3n) is 5.93. The number of rotatable bonds is 4. The molecule has 0 saturated carbocycles. The number of nitrogens with one attached hydrogen (secondary N) is 1. The standard InChI is InChI=1S/C22H25N7OS/c1-14-21(15(2)27(3)26-14)17-12-18(25-24-17)22(30)29-10-8-28(9-11-29)13-20-23-16-6-4-5-7-19(16)31-20/h4-7,12H,8-11,13H2,1-3H3,(H,24,25). The normalized spacial score (nSPS) is 15.1. The van der Waals surface area contributed by atoms with E-state index >= 15 is 0 Å². The van der Waals surface area contributed by atoms with Gasteiger partial charge in [0.15, 0.2) is 0 Å². The molecule has 0 spiro atoms. The van der Waals surface area contributed by atoms with Gasteiger partial charge in [-0.2, -0.15) is 10.2 Å². The zero-order valence-corrected chi connectivity index (χ0v) is 18.7. The summed E-state index contributed by atoms with van der Waals surface area (Å²) in [7, 11) is 1.92. The van der Waals surface area contributed by atoms with Crippen LogP contribution in [0, 0.1) is 13.8 Å². The number of aromatic nitrogens is 5. The summed E-state index contributed by atoms with van der Waals surface area (Å²) < 4.78 is 3.06. The maximum atomic E-state index is 13.0. The van der Waals surface area contributed by atoms with Gasteiger partial charge in [0.05, 0.1) is 28.1 Å². The van der Waals surface area contributed by atoms with Gasteiger partial charge < -0.3 is 4.90 Å². The van der Waals surface area contributed by atoms with Crippen molar-refractivity contribution >= 4 is 27.5 Å². The van der Waals surface area contributed by atoms with Gasteiger partial charge in [-0.1, -0.05) is 12.1 Å². The molecule has 1 fully saturated rings. The molecular formula is C22H25N7OS. The summed E-state index contributed by atoms with van der Waals surface area (Å²) >= 11 is 1.75. The van der Waals surface area contributed by atoms with Gasteiger partial charge in [0, 0.05) is 44.5 Å². The van der Waals surface area contributed by atoms with Crippen molar-refractivity contribution in [3.05, 3.63) is 52.4 Å². The zero-order valence-electron chi connectivity index (χ0n) is 17.9. The molecule has 5 rings (SSSR count). The first-order chi connectivity index (χ1) is 15.0. The number of amides is 1. The molecule has 8 nitrogen and oxygen atoms in total. The number of H-pyrrole nitrogens is 1. The summed E-state index contributed by atoms with van der Waals surface area (Å²) in [6.07, 6.45) is 0. The quantitative estimate of drug-likeness (QED) is 0.533. The summed E-state index contributed by atoms with van der Waals surface area (Å²) in [5.41, 5.74) is 5.28. The van der Waals surface area contributed by atoms with Crippen molar-refractivity contribution in [2.75, 3.05) is 26.2 Å². The van der Waals surface area contributed by atoms with Crippen molar-refractivity contribution in [2.45, 2.75) is 20.4 Å². The lowest BCUT2D eigenvalue weighted by Crippen LogP contribution is -2.48. The van der Waals surface area contributed by atoms with Crippen molar-refractivity contribution < 1.29 is 4.79 Å². The number of piperazine rings is 1. The second kappa shape index (κ2) is 7.90. The summed E-state index contributed by atoms with van der Waals surface area (Å²) in [4.78, 5) is 22.0. The maximum absolute atomic E-state index is 13.0. The Morgan fingerprint density at radius 3 is 2.65 bits per heavy atom. The molecule has 0 radical (unpaired) electrons. The minimum Gasteiger partial charge on any atom is -0.335 e. The van der Waals surface area contributed by atoms with Crippen LogP contribution in [0.3, 0.4) is 0 Å². The number of aromatic amines is 1. The Morgan fingerprint density at radius 2 is 1.94 bits per heavy atom. The molecule has 4 heterocycles. The molecule has 1 aliphatic heterocycles. The maximum Gasteiger partial charge on any atom is 0.271 e. The zero-order chi connectivity index (χ0) is 21.5. The van der Waals surface area contributed by atoms with Crippen LogP contribution in [0.25, 0.3) is 21.5 Å². The second-order valence-corrected chi connectivity index (χ2v) is 9.10. The molecule has 1 amide bonds. The number of benzene rings is 1. The molecule has 31 heavy (non-hydrogen) atoms. The van der Waals surface area contributed by atoms with E-state index in [2.05, 4.69) is 32.3 Å². The molecule has 1 aliphatic rings. The number of thiazole rings is 1. The number of aryl methyl sites for hydroxylation is 2. The highest BCUT2D eigenvalue weighted by molar-refractivity contribution is 7.18.